The van der Waals surface area contributed by atoms with E-state index in [1.54, 1.807) is 7.11 Å². The zero-order valence-corrected chi connectivity index (χ0v) is 18.4. The predicted octanol–water partition coefficient (Wildman–Crippen LogP) is 2.11. The van der Waals surface area contributed by atoms with Crippen molar-refractivity contribution in [2.24, 2.45) is 0 Å². The molecule has 5 heterocycles. The first-order chi connectivity index (χ1) is 15.1. The fraction of sp³-hybridized carbons (Fsp3) is 0.545. The predicted molar refractivity (Wildman–Crippen MR) is 118 cm³/mol. The first kappa shape index (κ1) is 20.1. The van der Waals surface area contributed by atoms with Crippen molar-refractivity contribution in [3.8, 4) is 0 Å². The molecule has 9 nitrogen and oxygen atoms in total. The molecule has 2 saturated heterocycles. The van der Waals surface area contributed by atoms with Crippen LogP contribution in [0.5, 0.6) is 0 Å². The van der Waals surface area contributed by atoms with Crippen molar-refractivity contribution in [2.75, 3.05) is 56.3 Å². The summed E-state index contributed by atoms with van der Waals surface area (Å²) in [5.41, 5.74) is 4.71. The molecule has 3 aromatic rings. The Hall–Kier alpha value is -2.78. The maximum absolute atomic E-state index is 5.90. The maximum atomic E-state index is 5.90. The lowest BCUT2D eigenvalue weighted by atomic mass is 10.1. The Morgan fingerprint density at radius 2 is 1.87 bits per heavy atom. The van der Waals surface area contributed by atoms with Crippen molar-refractivity contribution in [1.29, 1.82) is 0 Å². The van der Waals surface area contributed by atoms with Gasteiger partial charge in [-0.1, -0.05) is 0 Å². The van der Waals surface area contributed by atoms with Crippen molar-refractivity contribution >= 4 is 17.2 Å². The first-order valence-electron chi connectivity index (χ1n) is 10.9. The van der Waals surface area contributed by atoms with Gasteiger partial charge in [0.25, 0.3) is 0 Å². The van der Waals surface area contributed by atoms with E-state index >= 15 is 0 Å². The normalized spacial score (nSPS) is 17.8. The third-order valence-corrected chi connectivity index (χ3v) is 6.11. The second-order valence-electron chi connectivity index (χ2n) is 8.23. The quantitative estimate of drug-likeness (QED) is 0.596. The van der Waals surface area contributed by atoms with Crippen molar-refractivity contribution < 1.29 is 9.47 Å². The number of hydrogen-bond acceptors (Lipinski definition) is 8. The minimum atomic E-state index is -0.230. The molecule has 2 fully saturated rings. The van der Waals surface area contributed by atoms with Crippen LogP contribution in [0.2, 0.25) is 0 Å². The number of nitrogens with zero attached hydrogens (tertiary/aromatic N) is 7. The van der Waals surface area contributed by atoms with E-state index in [9.17, 15) is 0 Å². The molecule has 3 aromatic heterocycles. The smallest absolute Gasteiger partial charge is 0.177 e. The fourth-order valence-electron chi connectivity index (χ4n) is 4.10. The van der Waals surface area contributed by atoms with Gasteiger partial charge in [-0.25, -0.2) is 14.5 Å². The fourth-order valence-corrected chi connectivity index (χ4v) is 4.10. The molecule has 2 aliphatic heterocycles. The molecular weight excluding hydrogens is 394 g/mol. The van der Waals surface area contributed by atoms with Gasteiger partial charge >= 0.3 is 0 Å². The van der Waals surface area contributed by atoms with Crippen LogP contribution in [0, 0.1) is 13.8 Å². The summed E-state index contributed by atoms with van der Waals surface area (Å²) < 4.78 is 13.3. The average Bonchev–Trinajstić information content (AvgIpc) is 3.19. The van der Waals surface area contributed by atoms with Gasteiger partial charge in [0.15, 0.2) is 11.5 Å². The average molecular weight is 424 g/mol. The monoisotopic (exact) mass is 423 g/mol. The van der Waals surface area contributed by atoms with E-state index in [1.807, 2.05) is 24.6 Å². The minimum absolute atomic E-state index is 0.230. The molecule has 0 bridgehead atoms. The van der Waals surface area contributed by atoms with E-state index < -0.39 is 0 Å². The summed E-state index contributed by atoms with van der Waals surface area (Å²) in [4.78, 5) is 18.8. The van der Waals surface area contributed by atoms with Crippen molar-refractivity contribution in [1.82, 2.24) is 24.6 Å². The summed E-state index contributed by atoms with van der Waals surface area (Å²) in [5.74, 6) is 1.75. The zero-order chi connectivity index (χ0) is 21.4. The summed E-state index contributed by atoms with van der Waals surface area (Å²) in [7, 11) is 1.73. The van der Waals surface area contributed by atoms with E-state index in [0.29, 0.717) is 6.42 Å². The first-order valence-corrected chi connectivity index (χ1v) is 10.9. The molecule has 0 amide bonds. The van der Waals surface area contributed by atoms with E-state index in [1.165, 1.54) is 12.1 Å². The van der Waals surface area contributed by atoms with Gasteiger partial charge in [-0.2, -0.15) is 5.10 Å². The molecule has 1 unspecified atom stereocenters. The van der Waals surface area contributed by atoms with Gasteiger partial charge in [-0.15, -0.1) is 0 Å². The standard InChI is InChI=1S/C22H29N7O2/c1-15-14-23-16(2)22-25-20(26-29(15)22)13-19(30-3)18-11-17(27-7-9-31-10-8-27)12-21(24-18)28-5-4-6-28/h11-12,14,19H,4-10,13H2,1-3H3. The topological polar surface area (TPSA) is 80.9 Å². The van der Waals surface area contributed by atoms with Gasteiger partial charge in [0.1, 0.15) is 11.9 Å². The molecule has 2 aliphatic rings. The summed E-state index contributed by atoms with van der Waals surface area (Å²) >= 11 is 0. The summed E-state index contributed by atoms with van der Waals surface area (Å²) in [6.07, 6.45) is 3.36. The highest BCUT2D eigenvalue weighted by atomic mass is 16.5. The van der Waals surface area contributed by atoms with Crippen LogP contribution in [0.1, 0.15) is 35.4 Å². The highest BCUT2D eigenvalue weighted by Gasteiger charge is 2.24. The molecule has 0 spiro atoms. The van der Waals surface area contributed by atoms with Gasteiger partial charge in [0.2, 0.25) is 0 Å². The van der Waals surface area contributed by atoms with E-state index in [2.05, 4.69) is 26.9 Å². The third kappa shape index (κ3) is 3.95. The van der Waals surface area contributed by atoms with Gasteiger partial charge in [-0.3, -0.25) is 4.98 Å². The Morgan fingerprint density at radius 1 is 1.06 bits per heavy atom. The summed E-state index contributed by atoms with van der Waals surface area (Å²) in [6, 6.07) is 4.35. The molecule has 0 aromatic carbocycles. The van der Waals surface area contributed by atoms with Gasteiger partial charge in [0.05, 0.1) is 30.3 Å². The molecule has 1 atom stereocenters. The number of morpholine rings is 1. The van der Waals surface area contributed by atoms with Crippen LogP contribution in [0.3, 0.4) is 0 Å². The largest absolute Gasteiger partial charge is 0.378 e. The molecule has 0 radical (unpaired) electrons. The van der Waals surface area contributed by atoms with Crippen LogP contribution in [0.15, 0.2) is 18.3 Å². The number of ether oxygens (including phenoxy) is 2. The van der Waals surface area contributed by atoms with Crippen LogP contribution in [0.4, 0.5) is 11.5 Å². The number of methoxy groups -OCH3 is 1. The molecular formula is C22H29N7O2. The Kier molecular flexibility index (Phi) is 5.45. The van der Waals surface area contributed by atoms with Crippen LogP contribution in [0.25, 0.3) is 5.65 Å². The van der Waals surface area contributed by atoms with Crippen LogP contribution in [-0.4, -0.2) is 71.1 Å². The lowest BCUT2D eigenvalue weighted by Crippen LogP contribution is -2.39. The van der Waals surface area contributed by atoms with Crippen LogP contribution >= 0.6 is 0 Å². The summed E-state index contributed by atoms with van der Waals surface area (Å²) in [5, 5.41) is 4.70. The number of pyridine rings is 1. The van der Waals surface area contributed by atoms with Gasteiger partial charge in [-0.05, 0) is 26.3 Å². The lowest BCUT2D eigenvalue weighted by Gasteiger charge is -2.35. The number of hydrogen-bond donors (Lipinski definition) is 0. The lowest BCUT2D eigenvalue weighted by molar-refractivity contribution is 0.0982. The Balaban J connectivity index is 1.47. The molecule has 31 heavy (non-hydrogen) atoms. The molecule has 0 N–H and O–H groups in total. The van der Waals surface area contributed by atoms with Crippen molar-refractivity contribution in [3.63, 3.8) is 0 Å². The number of aromatic nitrogens is 5. The number of rotatable bonds is 6. The van der Waals surface area contributed by atoms with E-state index in [-0.39, 0.29) is 6.10 Å². The van der Waals surface area contributed by atoms with Gasteiger partial charge in [0, 0.05) is 57.7 Å². The highest BCUT2D eigenvalue weighted by Crippen LogP contribution is 2.30. The molecule has 0 saturated carbocycles. The van der Waals surface area contributed by atoms with Crippen LogP contribution < -0.4 is 9.80 Å². The zero-order valence-electron chi connectivity index (χ0n) is 18.4. The van der Waals surface area contributed by atoms with Crippen molar-refractivity contribution in [3.05, 3.63) is 41.2 Å². The van der Waals surface area contributed by atoms with E-state index in [0.717, 1.165) is 73.8 Å². The van der Waals surface area contributed by atoms with Crippen molar-refractivity contribution in [2.45, 2.75) is 32.8 Å². The van der Waals surface area contributed by atoms with Gasteiger partial charge < -0.3 is 19.3 Å². The number of fused-ring (bicyclic) bond motifs is 1. The molecule has 164 valence electrons. The molecule has 9 heteroatoms. The third-order valence-electron chi connectivity index (χ3n) is 6.11. The summed E-state index contributed by atoms with van der Waals surface area (Å²) in [6.45, 7) is 9.32. The molecule has 5 rings (SSSR count). The number of aryl methyl sites for hydroxylation is 2. The Morgan fingerprint density at radius 3 is 2.55 bits per heavy atom. The SMILES string of the molecule is COC(Cc1nc2c(C)ncc(C)n2n1)c1cc(N2CCOCC2)cc(N2CCC2)n1. The second-order valence-corrected chi connectivity index (χ2v) is 8.23. The molecule has 0 aliphatic carbocycles. The Labute approximate surface area is 182 Å². The second kappa shape index (κ2) is 8.39. The van der Waals surface area contributed by atoms with Crippen LogP contribution in [-0.2, 0) is 15.9 Å². The maximum Gasteiger partial charge on any atom is 0.177 e. The van der Waals surface area contributed by atoms with E-state index in [4.69, 9.17) is 24.5 Å². The highest BCUT2D eigenvalue weighted by molar-refractivity contribution is 5.58. The minimum Gasteiger partial charge on any atom is -0.378 e. The Bertz CT molecular complexity index is 1030. The number of anilines is 2.